The molecule has 23 heavy (non-hydrogen) atoms. The molecule has 0 N–H and O–H groups in total. The molecule has 0 aliphatic carbocycles. The Morgan fingerprint density at radius 1 is 1.35 bits per heavy atom. The number of aryl methyl sites for hydroxylation is 1. The van der Waals surface area contributed by atoms with Crippen molar-refractivity contribution in [3.63, 3.8) is 0 Å². The molecular formula is C15H23N3O4S. The number of rotatable bonds is 3. The molecule has 128 valence electrons. The zero-order chi connectivity index (χ0) is 16.8. The van der Waals surface area contributed by atoms with Gasteiger partial charge in [0.25, 0.3) is 5.91 Å². The van der Waals surface area contributed by atoms with Crippen molar-refractivity contribution in [2.45, 2.75) is 32.9 Å². The molecule has 0 aromatic carbocycles. The molecule has 1 aromatic rings. The van der Waals surface area contributed by atoms with Gasteiger partial charge in [0.05, 0.1) is 17.5 Å². The maximum absolute atomic E-state index is 12.7. The van der Waals surface area contributed by atoms with Gasteiger partial charge in [-0.1, -0.05) is 19.0 Å². The fourth-order valence-electron chi connectivity index (χ4n) is 3.59. The molecule has 0 saturated carbocycles. The normalized spacial score (nSPS) is 27.4. The Bertz CT molecular complexity index is 697. The lowest BCUT2D eigenvalue weighted by molar-refractivity contribution is 0.0289. The van der Waals surface area contributed by atoms with Gasteiger partial charge in [-0.3, -0.25) is 9.69 Å². The van der Waals surface area contributed by atoms with Gasteiger partial charge in [-0.15, -0.1) is 0 Å². The second kappa shape index (κ2) is 5.90. The van der Waals surface area contributed by atoms with Crippen molar-refractivity contribution in [2.75, 3.05) is 31.1 Å². The van der Waals surface area contributed by atoms with Crippen LogP contribution in [-0.2, 0) is 9.84 Å². The fourth-order valence-corrected chi connectivity index (χ4v) is 5.60. The van der Waals surface area contributed by atoms with Crippen LogP contribution in [0.25, 0.3) is 0 Å². The minimum Gasteiger partial charge on any atom is -0.361 e. The van der Waals surface area contributed by atoms with Crippen LogP contribution in [0.15, 0.2) is 10.6 Å². The summed E-state index contributed by atoms with van der Waals surface area (Å²) in [5, 5.41) is 3.78. The molecular weight excluding hydrogens is 318 g/mol. The van der Waals surface area contributed by atoms with Crippen LogP contribution in [0.4, 0.5) is 0 Å². The highest BCUT2D eigenvalue weighted by Crippen LogP contribution is 2.28. The second-order valence-electron chi connectivity index (χ2n) is 6.92. The standard InChI is InChI=1S/C15H23N3O4S/c1-10(2)7-17-4-5-18(14-9-23(20,21)8-13(14)17)15(19)12-6-11(3)22-16-12/h6,10,13-14H,4-5,7-9H2,1-3H3. The lowest BCUT2D eigenvalue weighted by Crippen LogP contribution is -2.61. The van der Waals surface area contributed by atoms with Gasteiger partial charge < -0.3 is 9.42 Å². The molecule has 2 saturated heterocycles. The summed E-state index contributed by atoms with van der Waals surface area (Å²) in [5.74, 6) is 0.959. The third-order valence-electron chi connectivity index (χ3n) is 4.50. The number of hydrogen-bond acceptors (Lipinski definition) is 6. The molecule has 0 bridgehead atoms. The first-order valence-corrected chi connectivity index (χ1v) is 9.78. The van der Waals surface area contributed by atoms with Crippen molar-refractivity contribution in [2.24, 2.45) is 5.92 Å². The largest absolute Gasteiger partial charge is 0.361 e. The zero-order valence-electron chi connectivity index (χ0n) is 13.7. The first kappa shape index (κ1) is 16.4. The van der Waals surface area contributed by atoms with Crippen LogP contribution in [0.2, 0.25) is 0 Å². The van der Waals surface area contributed by atoms with Gasteiger partial charge in [-0.05, 0) is 12.8 Å². The molecule has 2 aliphatic heterocycles. The summed E-state index contributed by atoms with van der Waals surface area (Å²) in [5.41, 5.74) is 0.253. The minimum absolute atomic E-state index is 0.0365. The Labute approximate surface area is 136 Å². The van der Waals surface area contributed by atoms with Crippen LogP contribution in [0.1, 0.15) is 30.1 Å². The van der Waals surface area contributed by atoms with Crippen LogP contribution in [-0.4, -0.2) is 72.5 Å². The molecule has 3 heterocycles. The second-order valence-corrected chi connectivity index (χ2v) is 9.08. The Kier molecular flexibility index (Phi) is 4.22. The van der Waals surface area contributed by atoms with E-state index in [2.05, 4.69) is 23.9 Å². The molecule has 0 spiro atoms. The average Bonchev–Trinajstić information content (AvgIpc) is 3.00. The average molecular weight is 341 g/mol. The maximum Gasteiger partial charge on any atom is 0.276 e. The van der Waals surface area contributed by atoms with Gasteiger partial charge >= 0.3 is 0 Å². The molecule has 1 aromatic heterocycles. The SMILES string of the molecule is Cc1cc(C(=O)N2CCN(CC(C)C)C3CS(=O)(=O)CC32)no1. The van der Waals surface area contributed by atoms with Crippen LogP contribution in [0, 0.1) is 12.8 Å². The third-order valence-corrected chi connectivity index (χ3v) is 6.20. The molecule has 2 atom stereocenters. The van der Waals surface area contributed by atoms with E-state index < -0.39 is 9.84 Å². The number of amides is 1. The van der Waals surface area contributed by atoms with Crippen molar-refractivity contribution in [3.8, 4) is 0 Å². The summed E-state index contributed by atoms with van der Waals surface area (Å²) in [7, 11) is -3.12. The summed E-state index contributed by atoms with van der Waals surface area (Å²) >= 11 is 0. The molecule has 2 unspecified atom stereocenters. The van der Waals surface area contributed by atoms with Gasteiger partial charge in [0.15, 0.2) is 15.5 Å². The molecule has 2 aliphatic rings. The van der Waals surface area contributed by atoms with Crippen LogP contribution >= 0.6 is 0 Å². The lowest BCUT2D eigenvalue weighted by atomic mass is 10.0. The minimum atomic E-state index is -3.12. The fraction of sp³-hybridized carbons (Fsp3) is 0.733. The van der Waals surface area contributed by atoms with E-state index >= 15 is 0 Å². The molecule has 2 fully saturated rings. The predicted molar refractivity (Wildman–Crippen MR) is 84.9 cm³/mol. The number of sulfone groups is 1. The number of hydrogen-bond donors (Lipinski definition) is 0. The van der Waals surface area contributed by atoms with Gasteiger partial charge in [-0.25, -0.2) is 8.42 Å². The first-order chi connectivity index (χ1) is 10.8. The van der Waals surface area contributed by atoms with E-state index in [1.807, 2.05) is 0 Å². The summed E-state index contributed by atoms with van der Waals surface area (Å²) < 4.78 is 29.3. The highest BCUT2D eigenvalue weighted by atomic mass is 32.2. The van der Waals surface area contributed by atoms with Crippen molar-refractivity contribution >= 4 is 15.7 Å². The van der Waals surface area contributed by atoms with E-state index in [0.29, 0.717) is 24.8 Å². The maximum atomic E-state index is 12.7. The number of aromatic nitrogens is 1. The Hall–Kier alpha value is -1.41. The first-order valence-electron chi connectivity index (χ1n) is 7.95. The molecule has 1 amide bonds. The zero-order valence-corrected chi connectivity index (χ0v) is 14.5. The van der Waals surface area contributed by atoms with Crippen molar-refractivity contribution < 1.29 is 17.7 Å². The quantitative estimate of drug-likeness (QED) is 0.799. The highest BCUT2D eigenvalue weighted by molar-refractivity contribution is 7.91. The van der Waals surface area contributed by atoms with E-state index in [0.717, 1.165) is 6.54 Å². The van der Waals surface area contributed by atoms with E-state index in [1.54, 1.807) is 17.9 Å². The Morgan fingerprint density at radius 3 is 2.65 bits per heavy atom. The van der Waals surface area contributed by atoms with Gasteiger partial charge in [0.2, 0.25) is 0 Å². The van der Waals surface area contributed by atoms with Crippen molar-refractivity contribution in [1.82, 2.24) is 15.0 Å². The Morgan fingerprint density at radius 2 is 2.04 bits per heavy atom. The monoisotopic (exact) mass is 341 g/mol. The number of fused-ring (bicyclic) bond motifs is 1. The van der Waals surface area contributed by atoms with E-state index in [1.165, 1.54) is 0 Å². The summed E-state index contributed by atoms with van der Waals surface area (Å²) in [4.78, 5) is 16.6. The topological polar surface area (TPSA) is 83.7 Å². The van der Waals surface area contributed by atoms with Gasteiger partial charge in [0.1, 0.15) is 5.76 Å². The molecule has 7 nitrogen and oxygen atoms in total. The molecule has 3 rings (SSSR count). The van der Waals surface area contributed by atoms with Crippen LogP contribution in [0.5, 0.6) is 0 Å². The number of carbonyl (C=O) groups is 1. The van der Waals surface area contributed by atoms with Crippen LogP contribution in [0.3, 0.4) is 0 Å². The van der Waals surface area contributed by atoms with Crippen molar-refractivity contribution in [3.05, 3.63) is 17.5 Å². The summed E-state index contributed by atoms with van der Waals surface area (Å²) in [6.07, 6.45) is 0. The predicted octanol–water partition coefficient (Wildman–Crippen LogP) is 0.562. The van der Waals surface area contributed by atoms with E-state index in [-0.39, 0.29) is 35.2 Å². The summed E-state index contributed by atoms with van der Waals surface area (Å²) in [6.45, 7) is 8.03. The highest BCUT2D eigenvalue weighted by Gasteiger charge is 2.48. The number of piperazine rings is 1. The van der Waals surface area contributed by atoms with Gasteiger partial charge in [0, 0.05) is 31.7 Å². The van der Waals surface area contributed by atoms with E-state index in [9.17, 15) is 13.2 Å². The molecule has 0 radical (unpaired) electrons. The summed E-state index contributed by atoms with van der Waals surface area (Å²) in [6, 6.07) is 1.19. The smallest absolute Gasteiger partial charge is 0.276 e. The van der Waals surface area contributed by atoms with Crippen molar-refractivity contribution in [1.29, 1.82) is 0 Å². The number of nitrogens with zero attached hydrogens (tertiary/aromatic N) is 3. The van der Waals surface area contributed by atoms with Gasteiger partial charge in [-0.2, -0.15) is 0 Å². The number of carbonyl (C=O) groups excluding carboxylic acids is 1. The third kappa shape index (κ3) is 3.28. The Balaban J connectivity index is 1.85. The molecule has 8 heteroatoms. The van der Waals surface area contributed by atoms with E-state index in [4.69, 9.17) is 4.52 Å². The lowest BCUT2D eigenvalue weighted by Gasteiger charge is -2.44. The van der Waals surface area contributed by atoms with Crippen LogP contribution < -0.4 is 0 Å².